The van der Waals surface area contributed by atoms with Gasteiger partial charge in [-0.1, -0.05) is 30.3 Å². The standard InChI is InChI=1S/C21H23NO4/c1-15-5-2-3-8-19(15)16-9-11-22(12-10-16)21(25)17-6-4-7-18(13-17)26-14-20(23)24/h2-8,13,16H,9-12,14H2,1H3,(H,23,24). The molecule has 0 radical (unpaired) electrons. The smallest absolute Gasteiger partial charge is 0.341 e. The van der Waals surface area contributed by atoms with E-state index in [-0.39, 0.29) is 5.91 Å². The van der Waals surface area contributed by atoms with E-state index in [1.165, 1.54) is 11.1 Å². The number of carbonyl (C=O) groups is 2. The van der Waals surface area contributed by atoms with Crippen LogP contribution in [0.1, 0.15) is 40.2 Å². The Hall–Kier alpha value is -2.82. The van der Waals surface area contributed by atoms with E-state index in [4.69, 9.17) is 9.84 Å². The van der Waals surface area contributed by atoms with Gasteiger partial charge >= 0.3 is 5.97 Å². The van der Waals surface area contributed by atoms with Gasteiger partial charge in [0.15, 0.2) is 6.61 Å². The molecule has 1 fully saturated rings. The average Bonchev–Trinajstić information content (AvgIpc) is 2.66. The Balaban J connectivity index is 1.62. The van der Waals surface area contributed by atoms with Gasteiger partial charge in [-0.2, -0.15) is 0 Å². The zero-order valence-electron chi connectivity index (χ0n) is 14.9. The number of benzene rings is 2. The Bertz CT molecular complexity index is 794. The molecule has 1 heterocycles. The van der Waals surface area contributed by atoms with Gasteiger partial charge in [-0.05, 0) is 55.0 Å². The van der Waals surface area contributed by atoms with E-state index in [0.717, 1.165) is 25.9 Å². The summed E-state index contributed by atoms with van der Waals surface area (Å²) in [5, 5.41) is 8.70. The van der Waals surface area contributed by atoms with Crippen LogP contribution in [-0.4, -0.2) is 41.6 Å². The van der Waals surface area contributed by atoms with E-state index < -0.39 is 12.6 Å². The Kier molecular flexibility index (Phi) is 5.56. The zero-order chi connectivity index (χ0) is 18.5. The minimum Gasteiger partial charge on any atom is -0.482 e. The number of piperidine rings is 1. The number of ether oxygens (including phenoxy) is 1. The van der Waals surface area contributed by atoms with E-state index in [1.54, 1.807) is 24.3 Å². The van der Waals surface area contributed by atoms with Crippen LogP contribution in [-0.2, 0) is 4.79 Å². The molecular weight excluding hydrogens is 330 g/mol. The molecule has 0 bridgehead atoms. The molecule has 0 aromatic heterocycles. The summed E-state index contributed by atoms with van der Waals surface area (Å²) < 4.78 is 5.16. The van der Waals surface area contributed by atoms with Crippen LogP contribution in [0.15, 0.2) is 48.5 Å². The maximum atomic E-state index is 12.8. The highest BCUT2D eigenvalue weighted by molar-refractivity contribution is 5.94. The molecule has 5 nitrogen and oxygen atoms in total. The number of likely N-dealkylation sites (tertiary alicyclic amines) is 1. The third-order valence-corrected chi connectivity index (χ3v) is 4.85. The molecule has 0 saturated carbocycles. The molecule has 1 saturated heterocycles. The summed E-state index contributed by atoms with van der Waals surface area (Å²) in [6, 6.07) is 15.2. The van der Waals surface area contributed by atoms with Crippen molar-refractivity contribution >= 4 is 11.9 Å². The normalized spacial score (nSPS) is 14.9. The van der Waals surface area contributed by atoms with Gasteiger partial charge in [-0.25, -0.2) is 4.79 Å². The lowest BCUT2D eigenvalue weighted by Gasteiger charge is -2.33. The van der Waals surface area contributed by atoms with Gasteiger partial charge < -0.3 is 14.7 Å². The highest BCUT2D eigenvalue weighted by Gasteiger charge is 2.25. The van der Waals surface area contributed by atoms with Gasteiger partial charge in [0.25, 0.3) is 5.91 Å². The first kappa shape index (κ1) is 18.0. The number of nitrogens with zero attached hydrogens (tertiary/aromatic N) is 1. The summed E-state index contributed by atoms with van der Waals surface area (Å²) >= 11 is 0. The highest BCUT2D eigenvalue weighted by atomic mass is 16.5. The molecule has 2 aromatic carbocycles. The Morgan fingerprint density at radius 3 is 2.54 bits per heavy atom. The summed E-state index contributed by atoms with van der Waals surface area (Å²) in [4.78, 5) is 25.2. The quantitative estimate of drug-likeness (QED) is 0.894. The van der Waals surface area contributed by atoms with E-state index in [2.05, 4.69) is 31.2 Å². The number of carboxylic acids is 1. The van der Waals surface area contributed by atoms with Crippen LogP contribution in [0.4, 0.5) is 0 Å². The van der Waals surface area contributed by atoms with Crippen LogP contribution >= 0.6 is 0 Å². The number of carbonyl (C=O) groups excluding carboxylic acids is 1. The number of hydrogen-bond acceptors (Lipinski definition) is 3. The molecule has 0 atom stereocenters. The number of carboxylic acid groups (broad SMARTS) is 1. The summed E-state index contributed by atoms with van der Waals surface area (Å²) in [6.45, 7) is 3.16. The average molecular weight is 353 g/mol. The van der Waals surface area contributed by atoms with Crippen molar-refractivity contribution in [2.75, 3.05) is 19.7 Å². The van der Waals surface area contributed by atoms with E-state index in [9.17, 15) is 9.59 Å². The van der Waals surface area contributed by atoms with E-state index >= 15 is 0 Å². The highest BCUT2D eigenvalue weighted by Crippen LogP contribution is 2.30. The molecule has 26 heavy (non-hydrogen) atoms. The van der Waals surface area contributed by atoms with Crippen molar-refractivity contribution in [2.45, 2.75) is 25.7 Å². The Morgan fingerprint density at radius 2 is 1.85 bits per heavy atom. The lowest BCUT2D eigenvalue weighted by Crippen LogP contribution is -2.38. The van der Waals surface area contributed by atoms with Gasteiger partial charge in [0, 0.05) is 18.7 Å². The Morgan fingerprint density at radius 1 is 1.12 bits per heavy atom. The molecular formula is C21H23NO4. The van der Waals surface area contributed by atoms with Crippen molar-refractivity contribution in [3.63, 3.8) is 0 Å². The maximum absolute atomic E-state index is 12.8. The number of rotatable bonds is 5. The third kappa shape index (κ3) is 4.23. The lowest BCUT2D eigenvalue weighted by molar-refractivity contribution is -0.139. The van der Waals surface area contributed by atoms with Crippen LogP contribution in [0.25, 0.3) is 0 Å². The van der Waals surface area contributed by atoms with Crippen LogP contribution in [0, 0.1) is 6.92 Å². The van der Waals surface area contributed by atoms with Gasteiger partial charge in [-0.15, -0.1) is 0 Å². The summed E-state index contributed by atoms with van der Waals surface area (Å²) in [6.07, 6.45) is 1.90. The molecule has 0 spiro atoms. The fourth-order valence-electron chi connectivity index (χ4n) is 3.48. The summed E-state index contributed by atoms with van der Waals surface area (Å²) in [5.74, 6) is -0.187. The maximum Gasteiger partial charge on any atom is 0.341 e. The molecule has 1 aliphatic rings. The molecule has 3 rings (SSSR count). The number of hydrogen-bond donors (Lipinski definition) is 1. The van der Waals surface area contributed by atoms with Gasteiger partial charge in [0.05, 0.1) is 0 Å². The van der Waals surface area contributed by atoms with Crippen molar-refractivity contribution in [2.24, 2.45) is 0 Å². The van der Waals surface area contributed by atoms with Crippen LogP contribution in [0.3, 0.4) is 0 Å². The number of aliphatic carboxylic acids is 1. The van der Waals surface area contributed by atoms with E-state index in [0.29, 0.717) is 17.2 Å². The number of amides is 1. The molecule has 1 N–H and O–H groups in total. The largest absolute Gasteiger partial charge is 0.482 e. The van der Waals surface area contributed by atoms with Crippen LogP contribution in [0.5, 0.6) is 5.75 Å². The van der Waals surface area contributed by atoms with Crippen LogP contribution < -0.4 is 4.74 Å². The second-order valence-electron chi connectivity index (χ2n) is 6.63. The summed E-state index contributed by atoms with van der Waals surface area (Å²) in [5.41, 5.74) is 3.21. The van der Waals surface area contributed by atoms with Crippen molar-refractivity contribution < 1.29 is 19.4 Å². The summed E-state index contributed by atoms with van der Waals surface area (Å²) in [7, 11) is 0. The topological polar surface area (TPSA) is 66.8 Å². The van der Waals surface area contributed by atoms with Crippen molar-refractivity contribution in [3.8, 4) is 5.75 Å². The fraction of sp³-hybridized carbons (Fsp3) is 0.333. The van der Waals surface area contributed by atoms with Gasteiger partial charge in [0.2, 0.25) is 0 Å². The fourth-order valence-corrected chi connectivity index (χ4v) is 3.48. The molecule has 1 amide bonds. The molecule has 2 aromatic rings. The zero-order valence-corrected chi connectivity index (χ0v) is 14.9. The first-order valence-corrected chi connectivity index (χ1v) is 8.84. The Labute approximate surface area is 153 Å². The first-order valence-electron chi connectivity index (χ1n) is 8.84. The van der Waals surface area contributed by atoms with Gasteiger partial charge in [-0.3, -0.25) is 4.79 Å². The second kappa shape index (κ2) is 8.04. The molecule has 5 heteroatoms. The second-order valence-corrected chi connectivity index (χ2v) is 6.63. The number of aryl methyl sites for hydroxylation is 1. The van der Waals surface area contributed by atoms with Gasteiger partial charge in [0.1, 0.15) is 5.75 Å². The van der Waals surface area contributed by atoms with Crippen molar-refractivity contribution in [3.05, 3.63) is 65.2 Å². The molecule has 136 valence electrons. The predicted molar refractivity (Wildman–Crippen MR) is 98.6 cm³/mol. The molecule has 0 aliphatic carbocycles. The van der Waals surface area contributed by atoms with E-state index in [1.807, 2.05) is 4.90 Å². The predicted octanol–water partition coefficient (Wildman–Crippen LogP) is 3.48. The third-order valence-electron chi connectivity index (χ3n) is 4.85. The minimum absolute atomic E-state index is 0.0333. The monoisotopic (exact) mass is 353 g/mol. The SMILES string of the molecule is Cc1ccccc1C1CCN(C(=O)c2cccc(OCC(=O)O)c2)CC1. The first-order chi connectivity index (χ1) is 12.5. The molecule has 1 aliphatic heterocycles. The van der Waals surface area contributed by atoms with Crippen molar-refractivity contribution in [1.29, 1.82) is 0 Å². The van der Waals surface area contributed by atoms with Crippen molar-refractivity contribution in [1.82, 2.24) is 4.90 Å². The molecule has 0 unspecified atom stereocenters. The van der Waals surface area contributed by atoms with Crippen LogP contribution in [0.2, 0.25) is 0 Å². The lowest BCUT2D eigenvalue weighted by atomic mass is 9.87. The minimum atomic E-state index is -1.04.